The maximum absolute atomic E-state index is 12.4. The van der Waals surface area contributed by atoms with E-state index >= 15 is 0 Å². The van der Waals surface area contributed by atoms with Crippen molar-refractivity contribution in [2.75, 3.05) is 11.9 Å². The molecule has 1 unspecified atom stereocenters. The third kappa shape index (κ3) is 3.11. The van der Waals surface area contributed by atoms with Gasteiger partial charge in [0.2, 0.25) is 0 Å². The van der Waals surface area contributed by atoms with E-state index in [0.717, 1.165) is 29.4 Å². The van der Waals surface area contributed by atoms with Crippen LogP contribution in [0.5, 0.6) is 0 Å². The van der Waals surface area contributed by atoms with Gasteiger partial charge in [-0.25, -0.2) is 4.79 Å². The molecule has 3 nitrogen and oxygen atoms in total. The van der Waals surface area contributed by atoms with Crippen LogP contribution in [0.4, 0.5) is 5.69 Å². The number of anilines is 1. The Balaban J connectivity index is 2.22. The highest BCUT2D eigenvalue weighted by molar-refractivity contribution is 9.10. The summed E-state index contributed by atoms with van der Waals surface area (Å²) < 4.78 is 6.32. The van der Waals surface area contributed by atoms with Crippen molar-refractivity contribution in [2.45, 2.75) is 38.6 Å². The minimum atomic E-state index is -0.566. The number of hydrogen-bond acceptors (Lipinski definition) is 3. The lowest BCUT2D eigenvalue weighted by Gasteiger charge is -2.32. The molecule has 2 rings (SSSR count). The van der Waals surface area contributed by atoms with E-state index in [4.69, 9.17) is 4.74 Å². The van der Waals surface area contributed by atoms with Gasteiger partial charge in [0.15, 0.2) is 0 Å². The molecule has 4 heteroatoms. The quantitative estimate of drug-likeness (QED) is 0.804. The highest BCUT2D eigenvalue weighted by atomic mass is 79.9. The second kappa shape index (κ2) is 5.95. The molecule has 1 fully saturated rings. The van der Waals surface area contributed by atoms with Crippen molar-refractivity contribution in [1.82, 2.24) is 0 Å². The predicted octanol–water partition coefficient (Wildman–Crippen LogP) is 3.98. The molecule has 1 atom stereocenters. The lowest BCUT2D eigenvalue weighted by atomic mass is 9.89. The Morgan fingerprint density at radius 1 is 1.37 bits per heavy atom. The standard InChI is InChI=1S/C15H20BrNO2/c1-3-15(11-5-6-11,14(18)19-4-2)17-13-9-7-12(16)8-10-13/h7-11,17H,3-6H2,1-2H3. The third-order valence-corrected chi connectivity index (χ3v) is 4.21. The van der Waals surface area contributed by atoms with E-state index < -0.39 is 5.54 Å². The molecule has 0 bridgehead atoms. The summed E-state index contributed by atoms with van der Waals surface area (Å²) in [6.07, 6.45) is 2.93. The summed E-state index contributed by atoms with van der Waals surface area (Å²) in [6.45, 7) is 4.32. The normalized spacial score (nSPS) is 17.6. The average molecular weight is 326 g/mol. The van der Waals surface area contributed by atoms with Crippen LogP contribution in [0.25, 0.3) is 0 Å². The van der Waals surface area contributed by atoms with Crippen LogP contribution in [0.1, 0.15) is 33.1 Å². The minimum absolute atomic E-state index is 0.122. The highest BCUT2D eigenvalue weighted by Crippen LogP contribution is 2.44. The summed E-state index contributed by atoms with van der Waals surface area (Å²) in [7, 11) is 0. The summed E-state index contributed by atoms with van der Waals surface area (Å²) in [5.74, 6) is 0.267. The summed E-state index contributed by atoms with van der Waals surface area (Å²) >= 11 is 3.42. The number of hydrogen-bond donors (Lipinski definition) is 1. The van der Waals surface area contributed by atoms with Gasteiger partial charge in [-0.2, -0.15) is 0 Å². The molecule has 0 aliphatic heterocycles. The van der Waals surface area contributed by atoms with E-state index in [-0.39, 0.29) is 5.97 Å². The molecule has 0 radical (unpaired) electrons. The molecule has 0 aromatic heterocycles. The molecule has 19 heavy (non-hydrogen) atoms. The number of rotatable bonds is 6. The van der Waals surface area contributed by atoms with Gasteiger partial charge in [0.1, 0.15) is 5.54 Å². The SMILES string of the molecule is CCOC(=O)C(CC)(Nc1ccc(Br)cc1)C1CC1. The first-order valence-electron chi connectivity index (χ1n) is 6.83. The number of carbonyl (C=O) groups excluding carboxylic acids is 1. The van der Waals surface area contributed by atoms with Crippen LogP contribution in [0.2, 0.25) is 0 Å². The van der Waals surface area contributed by atoms with Crippen LogP contribution >= 0.6 is 15.9 Å². The monoisotopic (exact) mass is 325 g/mol. The number of esters is 1. The maximum Gasteiger partial charge on any atom is 0.332 e. The van der Waals surface area contributed by atoms with Crippen LogP contribution in [0.3, 0.4) is 0 Å². The first-order valence-corrected chi connectivity index (χ1v) is 7.62. The highest BCUT2D eigenvalue weighted by Gasteiger charge is 2.50. The topological polar surface area (TPSA) is 38.3 Å². The molecule has 1 saturated carbocycles. The Labute approximate surface area is 122 Å². The Kier molecular flexibility index (Phi) is 4.50. The molecule has 1 aromatic rings. The number of benzene rings is 1. The van der Waals surface area contributed by atoms with Gasteiger partial charge >= 0.3 is 5.97 Å². The zero-order valence-corrected chi connectivity index (χ0v) is 13.0. The second-order valence-electron chi connectivity index (χ2n) is 4.95. The van der Waals surface area contributed by atoms with Crippen molar-refractivity contribution >= 4 is 27.6 Å². The zero-order valence-electron chi connectivity index (χ0n) is 11.4. The molecule has 0 saturated heterocycles. The fourth-order valence-electron chi connectivity index (χ4n) is 2.47. The summed E-state index contributed by atoms with van der Waals surface area (Å²) in [5, 5.41) is 3.42. The number of ether oxygens (including phenoxy) is 1. The molecule has 1 aliphatic rings. The van der Waals surface area contributed by atoms with Crippen molar-refractivity contribution in [3.05, 3.63) is 28.7 Å². The van der Waals surface area contributed by atoms with E-state index in [1.165, 1.54) is 0 Å². The van der Waals surface area contributed by atoms with Gasteiger partial charge in [0.05, 0.1) is 6.61 Å². The second-order valence-corrected chi connectivity index (χ2v) is 5.87. The molecule has 1 N–H and O–H groups in total. The summed E-state index contributed by atoms with van der Waals surface area (Å²) in [4.78, 5) is 12.4. The average Bonchev–Trinajstić information content (AvgIpc) is 3.23. The Hall–Kier alpha value is -1.03. The smallest absolute Gasteiger partial charge is 0.332 e. The van der Waals surface area contributed by atoms with Crippen molar-refractivity contribution in [2.24, 2.45) is 5.92 Å². The molecule has 1 aromatic carbocycles. The van der Waals surface area contributed by atoms with Crippen LogP contribution < -0.4 is 5.32 Å². The van der Waals surface area contributed by atoms with E-state index in [2.05, 4.69) is 21.2 Å². The maximum atomic E-state index is 12.4. The first kappa shape index (κ1) is 14.4. The van der Waals surface area contributed by atoms with Gasteiger partial charge in [0.25, 0.3) is 0 Å². The predicted molar refractivity (Wildman–Crippen MR) is 80.1 cm³/mol. The van der Waals surface area contributed by atoms with Gasteiger partial charge < -0.3 is 10.1 Å². The van der Waals surface area contributed by atoms with Crippen molar-refractivity contribution in [3.63, 3.8) is 0 Å². The molecule has 1 aliphatic carbocycles. The van der Waals surface area contributed by atoms with Gasteiger partial charge in [-0.15, -0.1) is 0 Å². The van der Waals surface area contributed by atoms with E-state index in [9.17, 15) is 4.79 Å². The van der Waals surface area contributed by atoms with Crippen LogP contribution in [0, 0.1) is 5.92 Å². The van der Waals surface area contributed by atoms with Gasteiger partial charge in [-0.3, -0.25) is 0 Å². The number of halogens is 1. The largest absolute Gasteiger partial charge is 0.464 e. The first-order chi connectivity index (χ1) is 9.12. The Morgan fingerprint density at radius 3 is 2.47 bits per heavy atom. The third-order valence-electron chi connectivity index (χ3n) is 3.68. The van der Waals surface area contributed by atoms with E-state index in [1.807, 2.05) is 38.1 Å². The van der Waals surface area contributed by atoms with Gasteiger partial charge in [0, 0.05) is 10.2 Å². The summed E-state index contributed by atoms with van der Waals surface area (Å²) in [5.41, 5.74) is 0.397. The lowest BCUT2D eigenvalue weighted by molar-refractivity contribution is -0.149. The zero-order chi connectivity index (χ0) is 13.9. The molecular formula is C15H20BrNO2. The minimum Gasteiger partial charge on any atom is -0.464 e. The summed E-state index contributed by atoms with van der Waals surface area (Å²) in [6, 6.07) is 7.91. The molecule has 0 heterocycles. The fraction of sp³-hybridized carbons (Fsp3) is 0.533. The molecule has 0 amide bonds. The molecule has 104 valence electrons. The van der Waals surface area contributed by atoms with Crippen LogP contribution in [-0.4, -0.2) is 18.1 Å². The van der Waals surface area contributed by atoms with Crippen molar-refractivity contribution in [3.8, 4) is 0 Å². The fourth-order valence-corrected chi connectivity index (χ4v) is 2.73. The Bertz CT molecular complexity index is 442. The number of carbonyl (C=O) groups is 1. The molecular weight excluding hydrogens is 306 g/mol. The van der Waals surface area contributed by atoms with Crippen molar-refractivity contribution < 1.29 is 9.53 Å². The van der Waals surface area contributed by atoms with E-state index in [1.54, 1.807) is 0 Å². The van der Waals surface area contributed by atoms with Gasteiger partial charge in [-0.05, 0) is 56.4 Å². The van der Waals surface area contributed by atoms with Crippen molar-refractivity contribution in [1.29, 1.82) is 0 Å². The Morgan fingerprint density at radius 2 is 2.00 bits per heavy atom. The van der Waals surface area contributed by atoms with Crippen LogP contribution in [0.15, 0.2) is 28.7 Å². The van der Waals surface area contributed by atoms with Crippen LogP contribution in [-0.2, 0) is 9.53 Å². The van der Waals surface area contributed by atoms with Gasteiger partial charge in [-0.1, -0.05) is 22.9 Å². The molecule has 0 spiro atoms. The number of nitrogens with one attached hydrogen (secondary N) is 1. The van der Waals surface area contributed by atoms with E-state index in [0.29, 0.717) is 12.5 Å². The lowest BCUT2D eigenvalue weighted by Crippen LogP contribution is -2.49.